The summed E-state index contributed by atoms with van der Waals surface area (Å²) >= 11 is 0. The lowest BCUT2D eigenvalue weighted by Gasteiger charge is -2.21. The van der Waals surface area contributed by atoms with Gasteiger partial charge in [-0.05, 0) is 30.5 Å². The van der Waals surface area contributed by atoms with Crippen molar-refractivity contribution in [1.29, 1.82) is 0 Å². The third kappa shape index (κ3) is 4.59. The van der Waals surface area contributed by atoms with E-state index in [0.717, 1.165) is 11.4 Å². The molecular weight excluding hydrogens is 280 g/mol. The van der Waals surface area contributed by atoms with Gasteiger partial charge < -0.3 is 5.73 Å². The van der Waals surface area contributed by atoms with Crippen LogP contribution in [0.2, 0.25) is 0 Å². The lowest BCUT2D eigenvalue weighted by atomic mass is 10.1. The highest BCUT2D eigenvalue weighted by molar-refractivity contribution is 5.94. The molecule has 0 aliphatic heterocycles. The van der Waals surface area contributed by atoms with Crippen molar-refractivity contribution in [3.63, 3.8) is 0 Å². The van der Waals surface area contributed by atoms with Crippen molar-refractivity contribution >= 4 is 11.9 Å². The number of nitrogens with zero attached hydrogens (tertiary/aromatic N) is 2. The van der Waals surface area contributed by atoms with E-state index in [9.17, 15) is 9.59 Å². The van der Waals surface area contributed by atoms with Crippen molar-refractivity contribution in [3.8, 4) is 0 Å². The lowest BCUT2D eigenvalue weighted by molar-refractivity contribution is 0.0832. The molecule has 0 radical (unpaired) electrons. The molecule has 0 unspecified atom stereocenters. The van der Waals surface area contributed by atoms with E-state index in [1.165, 1.54) is 18.0 Å². The number of hydrogen-bond acceptors (Lipinski definition) is 3. The van der Waals surface area contributed by atoms with Crippen LogP contribution in [0.15, 0.2) is 54.9 Å². The Balaban J connectivity index is 1.87. The molecule has 114 valence electrons. The fourth-order valence-corrected chi connectivity index (χ4v) is 2.00. The van der Waals surface area contributed by atoms with Crippen molar-refractivity contribution in [2.75, 3.05) is 6.54 Å². The minimum Gasteiger partial charge on any atom is -0.350 e. The topological polar surface area (TPSA) is 88.3 Å². The Morgan fingerprint density at radius 1 is 1.09 bits per heavy atom. The first-order valence-corrected chi connectivity index (χ1v) is 6.99. The molecule has 0 aliphatic carbocycles. The molecule has 0 saturated heterocycles. The molecule has 0 fully saturated rings. The second-order valence-corrected chi connectivity index (χ2v) is 4.76. The van der Waals surface area contributed by atoms with E-state index >= 15 is 0 Å². The van der Waals surface area contributed by atoms with Gasteiger partial charge in [0.2, 0.25) is 0 Å². The zero-order valence-electron chi connectivity index (χ0n) is 12.1. The molecule has 0 atom stereocenters. The summed E-state index contributed by atoms with van der Waals surface area (Å²) in [6.45, 7) is 0.348. The van der Waals surface area contributed by atoms with Crippen LogP contribution >= 0.6 is 0 Å². The fraction of sp³-hybridized carbons (Fsp3) is 0.188. The van der Waals surface area contributed by atoms with E-state index in [4.69, 9.17) is 5.73 Å². The van der Waals surface area contributed by atoms with E-state index in [1.807, 2.05) is 30.3 Å². The molecule has 6 nitrogen and oxygen atoms in total. The zero-order chi connectivity index (χ0) is 15.8. The smallest absolute Gasteiger partial charge is 0.333 e. The molecule has 2 aromatic rings. The fourth-order valence-electron chi connectivity index (χ4n) is 2.00. The Kier molecular flexibility index (Phi) is 5.48. The van der Waals surface area contributed by atoms with Gasteiger partial charge in [-0.1, -0.05) is 30.3 Å². The number of rotatable bonds is 5. The van der Waals surface area contributed by atoms with Crippen LogP contribution in [0, 0.1) is 0 Å². The normalized spacial score (nSPS) is 10.0. The maximum atomic E-state index is 12.0. The van der Waals surface area contributed by atoms with Gasteiger partial charge in [-0.25, -0.2) is 9.80 Å². The number of amides is 3. The van der Waals surface area contributed by atoms with Crippen LogP contribution in [0.1, 0.15) is 22.3 Å². The second-order valence-electron chi connectivity index (χ2n) is 4.76. The van der Waals surface area contributed by atoms with Crippen LogP contribution in [-0.2, 0) is 6.42 Å². The van der Waals surface area contributed by atoms with E-state index in [-0.39, 0.29) is 5.91 Å². The Labute approximate surface area is 128 Å². The minimum atomic E-state index is -0.685. The van der Waals surface area contributed by atoms with Gasteiger partial charge in [-0.15, -0.1) is 0 Å². The first kappa shape index (κ1) is 15.5. The van der Waals surface area contributed by atoms with Gasteiger partial charge in [0.1, 0.15) is 0 Å². The van der Waals surface area contributed by atoms with E-state index in [0.29, 0.717) is 18.5 Å². The summed E-state index contributed by atoms with van der Waals surface area (Å²) in [7, 11) is 0. The number of primary amides is 1. The Hall–Kier alpha value is -2.89. The Morgan fingerprint density at radius 3 is 2.41 bits per heavy atom. The van der Waals surface area contributed by atoms with Gasteiger partial charge in [-0.3, -0.25) is 15.2 Å². The number of benzene rings is 1. The van der Waals surface area contributed by atoms with Crippen molar-refractivity contribution in [2.24, 2.45) is 5.73 Å². The molecule has 0 spiro atoms. The molecule has 0 aliphatic rings. The average Bonchev–Trinajstić information content (AvgIpc) is 2.55. The van der Waals surface area contributed by atoms with E-state index in [2.05, 4.69) is 10.4 Å². The second kappa shape index (κ2) is 7.78. The number of nitrogens with one attached hydrogen (secondary N) is 1. The molecule has 3 amide bonds. The number of hydrazine groups is 1. The summed E-state index contributed by atoms with van der Waals surface area (Å²) in [6.07, 6.45) is 4.52. The first-order valence-electron chi connectivity index (χ1n) is 6.99. The number of carbonyl (C=O) groups is 2. The van der Waals surface area contributed by atoms with Gasteiger partial charge >= 0.3 is 6.03 Å². The number of urea groups is 1. The standard InChI is InChI=1S/C16H18N4O2/c17-16(22)20(12-4-7-13-5-2-1-3-6-13)19-15(21)14-8-10-18-11-9-14/h1-3,5-6,8-11H,4,7,12H2,(H2,17,22)(H,19,21). The number of pyridine rings is 1. The molecule has 0 saturated carbocycles. The van der Waals surface area contributed by atoms with Crippen molar-refractivity contribution in [1.82, 2.24) is 15.4 Å². The first-order chi connectivity index (χ1) is 10.7. The van der Waals surface area contributed by atoms with Crippen LogP contribution < -0.4 is 11.2 Å². The molecule has 1 aromatic heterocycles. The molecule has 6 heteroatoms. The number of aryl methyl sites for hydroxylation is 1. The summed E-state index contributed by atoms with van der Waals surface area (Å²) in [4.78, 5) is 27.3. The molecule has 2 rings (SSSR count). The van der Waals surface area contributed by atoms with Crippen molar-refractivity contribution in [3.05, 3.63) is 66.0 Å². The van der Waals surface area contributed by atoms with Crippen LogP contribution in [0.5, 0.6) is 0 Å². The molecule has 1 aromatic carbocycles. The predicted molar refractivity (Wildman–Crippen MR) is 82.8 cm³/mol. The van der Waals surface area contributed by atoms with Crippen LogP contribution in [0.25, 0.3) is 0 Å². The van der Waals surface area contributed by atoms with Crippen molar-refractivity contribution < 1.29 is 9.59 Å². The van der Waals surface area contributed by atoms with Gasteiger partial charge in [-0.2, -0.15) is 0 Å². The predicted octanol–water partition coefficient (Wildman–Crippen LogP) is 1.74. The van der Waals surface area contributed by atoms with Crippen LogP contribution in [0.3, 0.4) is 0 Å². The van der Waals surface area contributed by atoms with Gasteiger partial charge in [0.15, 0.2) is 0 Å². The minimum absolute atomic E-state index is 0.348. The summed E-state index contributed by atoms with van der Waals surface area (Å²) < 4.78 is 0. The Morgan fingerprint density at radius 2 is 1.77 bits per heavy atom. The largest absolute Gasteiger partial charge is 0.350 e. The highest BCUT2D eigenvalue weighted by Crippen LogP contribution is 2.03. The van der Waals surface area contributed by atoms with Gasteiger partial charge in [0.05, 0.1) is 0 Å². The van der Waals surface area contributed by atoms with Crippen LogP contribution in [0.4, 0.5) is 4.79 Å². The molecule has 22 heavy (non-hydrogen) atoms. The number of hydrogen-bond donors (Lipinski definition) is 2. The number of nitrogens with two attached hydrogens (primary N) is 1. The van der Waals surface area contributed by atoms with Gasteiger partial charge in [0, 0.05) is 24.5 Å². The van der Waals surface area contributed by atoms with Crippen LogP contribution in [-0.4, -0.2) is 28.5 Å². The van der Waals surface area contributed by atoms with Crippen molar-refractivity contribution in [2.45, 2.75) is 12.8 Å². The van der Waals surface area contributed by atoms with E-state index < -0.39 is 6.03 Å². The van der Waals surface area contributed by atoms with Gasteiger partial charge in [0.25, 0.3) is 5.91 Å². The maximum Gasteiger partial charge on any atom is 0.333 e. The van der Waals surface area contributed by atoms with E-state index in [1.54, 1.807) is 12.1 Å². The Bertz CT molecular complexity index is 617. The monoisotopic (exact) mass is 298 g/mol. The molecule has 0 bridgehead atoms. The summed E-state index contributed by atoms with van der Waals surface area (Å²) in [5, 5.41) is 1.13. The number of carbonyl (C=O) groups excluding carboxylic acids is 2. The lowest BCUT2D eigenvalue weighted by Crippen LogP contribution is -2.49. The quantitative estimate of drug-likeness (QED) is 0.824. The average molecular weight is 298 g/mol. The molecular formula is C16H18N4O2. The zero-order valence-corrected chi connectivity index (χ0v) is 12.1. The number of aromatic nitrogens is 1. The SMILES string of the molecule is NC(=O)N(CCCc1ccccc1)NC(=O)c1ccncc1. The highest BCUT2D eigenvalue weighted by atomic mass is 16.2. The molecule has 3 N–H and O–H groups in total. The maximum absolute atomic E-state index is 12.0. The summed E-state index contributed by atoms with van der Waals surface area (Å²) in [5.41, 5.74) is 9.41. The third-order valence-electron chi connectivity index (χ3n) is 3.14. The third-order valence-corrected chi connectivity index (χ3v) is 3.14. The summed E-state index contributed by atoms with van der Waals surface area (Å²) in [6, 6.07) is 12.4. The molecule has 1 heterocycles. The summed E-state index contributed by atoms with van der Waals surface area (Å²) in [5.74, 6) is -0.388. The highest BCUT2D eigenvalue weighted by Gasteiger charge is 2.14.